The number of hydrogen-bond donors (Lipinski definition) is 1. The maximum atomic E-state index is 12.5. The van der Waals surface area contributed by atoms with Gasteiger partial charge in [0.15, 0.2) is 0 Å². The maximum absolute atomic E-state index is 12.5. The van der Waals surface area contributed by atoms with Crippen LogP contribution >= 0.6 is 11.6 Å². The number of amides is 1. The van der Waals surface area contributed by atoms with Crippen molar-refractivity contribution in [3.05, 3.63) is 65.3 Å². The minimum Gasteiger partial charge on any atom is -0.497 e. The molecule has 2 aliphatic heterocycles. The topological polar surface area (TPSA) is 115 Å². The summed E-state index contributed by atoms with van der Waals surface area (Å²) in [5.41, 5.74) is 1.99. The van der Waals surface area contributed by atoms with Crippen LogP contribution in [0.4, 0.5) is 5.69 Å². The first kappa shape index (κ1) is 26.6. The molecule has 37 heavy (non-hydrogen) atoms. The second-order valence-electron chi connectivity index (χ2n) is 8.51. The average Bonchev–Trinajstić information content (AvgIpc) is 2.89. The molecule has 0 spiro atoms. The average molecular weight is 549 g/mol. The molecule has 0 radical (unpaired) electrons. The molecule has 12 heteroatoms. The summed E-state index contributed by atoms with van der Waals surface area (Å²) in [6.07, 6.45) is 1.77. The van der Waals surface area contributed by atoms with Crippen LogP contribution in [0.3, 0.4) is 0 Å². The summed E-state index contributed by atoms with van der Waals surface area (Å²) in [4.78, 5) is 15.6. The number of rotatable bonds is 7. The fourth-order valence-electron chi connectivity index (χ4n) is 4.23. The highest BCUT2D eigenvalue weighted by molar-refractivity contribution is 7.86. The Morgan fingerprint density at radius 1 is 1.00 bits per heavy atom. The number of carbonyl (C=O) groups excluding carboxylic acids is 1. The van der Waals surface area contributed by atoms with Crippen molar-refractivity contribution >= 4 is 39.0 Å². The van der Waals surface area contributed by atoms with Crippen molar-refractivity contribution in [1.82, 2.24) is 9.21 Å². The van der Waals surface area contributed by atoms with Crippen molar-refractivity contribution in [2.24, 2.45) is 5.14 Å². The number of piperazine rings is 1. The second-order valence-corrected chi connectivity index (χ2v) is 10.4. The SMILES string of the molecule is COc1ccc(OC)c(C2=CN(S(N)(=O)=O)C(Oc3ccc(N4CCN(C(C)=O)CC4)cc3)C(Cl)=C2)c1. The lowest BCUT2D eigenvalue weighted by molar-refractivity contribution is -0.129. The van der Waals surface area contributed by atoms with Crippen LogP contribution in [0, 0.1) is 0 Å². The lowest BCUT2D eigenvalue weighted by atomic mass is 10.0. The fraction of sp³-hybridized carbons (Fsp3) is 0.320. The van der Waals surface area contributed by atoms with Gasteiger partial charge in [-0.25, -0.2) is 9.44 Å². The van der Waals surface area contributed by atoms with Crippen molar-refractivity contribution in [2.45, 2.75) is 13.2 Å². The molecule has 1 atom stereocenters. The molecular formula is C25H29ClN4O6S. The van der Waals surface area contributed by atoms with Gasteiger partial charge in [0.25, 0.3) is 0 Å². The second kappa shape index (κ2) is 10.9. The molecule has 2 aliphatic rings. The maximum Gasteiger partial charge on any atom is 0.301 e. The Morgan fingerprint density at radius 2 is 1.65 bits per heavy atom. The molecule has 1 saturated heterocycles. The Balaban J connectivity index is 1.56. The van der Waals surface area contributed by atoms with Crippen molar-refractivity contribution in [1.29, 1.82) is 0 Å². The molecule has 2 heterocycles. The van der Waals surface area contributed by atoms with E-state index in [1.165, 1.54) is 20.4 Å². The molecular weight excluding hydrogens is 520 g/mol. The zero-order valence-corrected chi connectivity index (χ0v) is 22.3. The van der Waals surface area contributed by atoms with Crippen molar-refractivity contribution in [3.8, 4) is 17.2 Å². The van der Waals surface area contributed by atoms with Crippen LogP contribution in [0.2, 0.25) is 0 Å². The van der Waals surface area contributed by atoms with Gasteiger partial charge in [0.05, 0.1) is 19.3 Å². The number of carbonyl (C=O) groups is 1. The van der Waals surface area contributed by atoms with Crippen LogP contribution in [0.5, 0.6) is 17.2 Å². The number of halogens is 1. The number of hydrogen-bond acceptors (Lipinski definition) is 7. The molecule has 2 N–H and O–H groups in total. The van der Waals surface area contributed by atoms with E-state index in [2.05, 4.69) is 4.90 Å². The summed E-state index contributed by atoms with van der Waals surface area (Å²) in [5, 5.41) is 5.65. The van der Waals surface area contributed by atoms with E-state index in [1.54, 1.807) is 43.3 Å². The van der Waals surface area contributed by atoms with E-state index in [-0.39, 0.29) is 10.9 Å². The van der Waals surface area contributed by atoms with Gasteiger partial charge >= 0.3 is 10.2 Å². The van der Waals surface area contributed by atoms with Gasteiger partial charge in [-0.15, -0.1) is 0 Å². The predicted molar refractivity (Wildman–Crippen MR) is 142 cm³/mol. The number of ether oxygens (including phenoxy) is 3. The molecule has 2 aromatic rings. The number of anilines is 1. The first-order valence-corrected chi connectivity index (χ1v) is 13.4. The summed E-state index contributed by atoms with van der Waals surface area (Å²) in [7, 11) is -1.21. The van der Waals surface area contributed by atoms with Gasteiger partial charge in [0.1, 0.15) is 17.2 Å². The van der Waals surface area contributed by atoms with Crippen LogP contribution in [0.1, 0.15) is 12.5 Å². The van der Waals surface area contributed by atoms with E-state index in [0.29, 0.717) is 41.5 Å². The van der Waals surface area contributed by atoms with E-state index in [1.807, 2.05) is 17.0 Å². The fourth-order valence-corrected chi connectivity index (χ4v) is 5.24. The Bertz CT molecular complexity index is 1320. The zero-order valence-electron chi connectivity index (χ0n) is 20.8. The van der Waals surface area contributed by atoms with Crippen LogP contribution in [-0.4, -0.2) is 70.2 Å². The molecule has 0 aromatic heterocycles. The van der Waals surface area contributed by atoms with Crippen LogP contribution in [0.15, 0.2) is 59.8 Å². The van der Waals surface area contributed by atoms with Gasteiger partial charge in [-0.2, -0.15) is 8.42 Å². The van der Waals surface area contributed by atoms with E-state index in [9.17, 15) is 13.2 Å². The number of nitrogens with zero attached hydrogens (tertiary/aromatic N) is 3. The van der Waals surface area contributed by atoms with Crippen molar-refractivity contribution in [3.63, 3.8) is 0 Å². The first-order chi connectivity index (χ1) is 17.6. The van der Waals surface area contributed by atoms with Crippen LogP contribution in [-0.2, 0) is 15.0 Å². The van der Waals surface area contributed by atoms with Gasteiger partial charge in [0.2, 0.25) is 12.1 Å². The Morgan fingerprint density at radius 3 is 2.22 bits per heavy atom. The van der Waals surface area contributed by atoms with Crippen molar-refractivity contribution in [2.75, 3.05) is 45.3 Å². The largest absolute Gasteiger partial charge is 0.497 e. The normalized spacial score (nSPS) is 18.2. The number of benzene rings is 2. The highest BCUT2D eigenvalue weighted by Crippen LogP contribution is 2.37. The van der Waals surface area contributed by atoms with Gasteiger partial charge in [-0.3, -0.25) is 4.79 Å². The Kier molecular flexibility index (Phi) is 7.86. The summed E-state index contributed by atoms with van der Waals surface area (Å²) >= 11 is 6.56. The molecule has 10 nitrogen and oxygen atoms in total. The smallest absolute Gasteiger partial charge is 0.301 e. The first-order valence-electron chi connectivity index (χ1n) is 11.5. The minimum absolute atomic E-state index is 0.0716. The molecule has 198 valence electrons. The number of methoxy groups -OCH3 is 2. The van der Waals surface area contributed by atoms with Crippen LogP contribution in [0.25, 0.3) is 5.57 Å². The molecule has 2 aromatic carbocycles. The van der Waals surface area contributed by atoms with E-state index in [4.69, 9.17) is 31.0 Å². The molecule has 1 amide bonds. The predicted octanol–water partition coefficient (Wildman–Crippen LogP) is 2.76. The molecule has 0 aliphatic carbocycles. The monoisotopic (exact) mass is 548 g/mol. The lowest BCUT2D eigenvalue weighted by Crippen LogP contribution is -2.48. The van der Waals surface area contributed by atoms with E-state index in [0.717, 1.165) is 23.1 Å². The lowest BCUT2D eigenvalue weighted by Gasteiger charge is -2.36. The van der Waals surface area contributed by atoms with E-state index < -0.39 is 16.4 Å². The van der Waals surface area contributed by atoms with Crippen LogP contribution < -0.4 is 24.2 Å². The minimum atomic E-state index is -4.25. The molecule has 1 fully saturated rings. The third-order valence-electron chi connectivity index (χ3n) is 6.21. The van der Waals surface area contributed by atoms with Gasteiger partial charge in [0, 0.05) is 56.1 Å². The quantitative estimate of drug-likeness (QED) is 0.566. The highest BCUT2D eigenvalue weighted by atomic mass is 35.5. The van der Waals surface area contributed by atoms with Gasteiger partial charge in [-0.1, -0.05) is 11.6 Å². The number of nitrogens with two attached hydrogens (primary N) is 1. The standard InChI is InChI=1S/C25H29ClN4O6S/c1-17(31)28-10-12-29(13-11-28)19-4-6-20(7-5-19)36-25-23(26)14-18(16-30(25)37(27,32)33)22-15-21(34-2)8-9-24(22)35-3/h4-9,14-16,25H,10-13H2,1-3H3,(H2,27,32,33). The third kappa shape index (κ3) is 5.95. The molecule has 0 saturated carbocycles. The van der Waals surface area contributed by atoms with E-state index >= 15 is 0 Å². The van der Waals surface area contributed by atoms with Gasteiger partial charge < -0.3 is 24.0 Å². The summed E-state index contributed by atoms with van der Waals surface area (Å²) in [5.74, 6) is 1.54. The summed E-state index contributed by atoms with van der Waals surface area (Å²) in [6.45, 7) is 4.33. The zero-order chi connectivity index (χ0) is 26.7. The molecule has 0 bridgehead atoms. The van der Waals surface area contributed by atoms with Gasteiger partial charge in [-0.05, 0) is 48.5 Å². The summed E-state index contributed by atoms with van der Waals surface area (Å²) < 4.78 is 42.6. The summed E-state index contributed by atoms with van der Waals surface area (Å²) in [6, 6.07) is 12.4. The number of allylic oxidation sites excluding steroid dienone is 2. The highest BCUT2D eigenvalue weighted by Gasteiger charge is 2.33. The molecule has 4 rings (SSSR count). The molecule has 1 unspecified atom stereocenters. The Labute approximate surface area is 221 Å². The Hall–Kier alpha value is -3.41. The van der Waals surface area contributed by atoms with Crippen molar-refractivity contribution < 1.29 is 27.4 Å². The third-order valence-corrected chi connectivity index (χ3v) is 7.39.